The first kappa shape index (κ1) is 36.1. The second-order valence-corrected chi connectivity index (χ2v) is 17.0. The van der Waals surface area contributed by atoms with E-state index in [1.54, 1.807) is 0 Å². The molecule has 0 amide bonds. The number of para-hydroxylation sites is 1. The average Bonchev–Trinajstić information content (AvgIpc) is 3.93. The minimum absolute atomic E-state index is 0.0543. The lowest BCUT2D eigenvalue weighted by molar-refractivity contribution is 0.669. The van der Waals surface area contributed by atoms with Crippen LogP contribution < -0.4 is 0 Å². The van der Waals surface area contributed by atoms with E-state index in [2.05, 4.69) is 188 Å². The third kappa shape index (κ3) is 6.42. The molecular formula is C57H37N3OS. The van der Waals surface area contributed by atoms with Crippen molar-refractivity contribution in [3.63, 3.8) is 0 Å². The van der Waals surface area contributed by atoms with Gasteiger partial charge in [0.15, 0.2) is 11.6 Å². The lowest BCUT2D eigenvalue weighted by Gasteiger charge is -2.15. The standard InChI is InChI=1S/C57H37N3OS/c1-3-12-36(13-4-1)37-24-26-38(27-25-37)42-16-9-17-43(34-42)44-32-33-51-48(35-44)54-47(20-11-23-52(54)62-51)57-59-55(40-14-5-2-6-15-40)58-56(60-57)41-30-28-39(29-31-41)45-19-10-22-50-53(45)46-18-7-8-21-49(46)61-50/h1-14,16-35,40H,15H2. The Morgan fingerprint density at radius 1 is 0.419 bits per heavy atom. The number of furan rings is 1. The molecule has 1 aliphatic rings. The summed E-state index contributed by atoms with van der Waals surface area (Å²) in [6, 6.07) is 64.7. The van der Waals surface area contributed by atoms with Gasteiger partial charge in [-0.15, -0.1) is 11.3 Å². The van der Waals surface area contributed by atoms with Crippen molar-refractivity contribution in [2.45, 2.75) is 12.3 Å². The van der Waals surface area contributed by atoms with Crippen LogP contribution in [0, 0.1) is 0 Å². The minimum atomic E-state index is 0.0543. The number of rotatable bonds is 7. The summed E-state index contributed by atoms with van der Waals surface area (Å²) in [6.07, 6.45) is 9.41. The Balaban J connectivity index is 0.940. The van der Waals surface area contributed by atoms with E-state index in [1.807, 2.05) is 29.5 Å². The minimum Gasteiger partial charge on any atom is -0.456 e. The highest BCUT2D eigenvalue weighted by Gasteiger charge is 2.21. The number of nitrogens with zero attached hydrogens (tertiary/aromatic N) is 3. The van der Waals surface area contributed by atoms with Gasteiger partial charge in [0.1, 0.15) is 17.0 Å². The zero-order valence-electron chi connectivity index (χ0n) is 33.6. The van der Waals surface area contributed by atoms with Crippen molar-refractivity contribution >= 4 is 53.4 Å². The molecule has 1 atom stereocenters. The topological polar surface area (TPSA) is 51.8 Å². The Morgan fingerprint density at radius 2 is 1.05 bits per heavy atom. The molecule has 12 rings (SSSR count). The molecule has 3 aromatic heterocycles. The van der Waals surface area contributed by atoms with Crippen LogP contribution in [-0.4, -0.2) is 15.0 Å². The Morgan fingerprint density at radius 3 is 1.89 bits per heavy atom. The molecule has 0 bridgehead atoms. The first-order valence-electron chi connectivity index (χ1n) is 21.0. The van der Waals surface area contributed by atoms with Crippen molar-refractivity contribution in [2.75, 3.05) is 0 Å². The first-order chi connectivity index (χ1) is 30.7. The van der Waals surface area contributed by atoms with E-state index in [4.69, 9.17) is 19.4 Å². The fraction of sp³-hybridized carbons (Fsp3) is 0.0351. The van der Waals surface area contributed by atoms with Gasteiger partial charge in [-0.25, -0.2) is 15.0 Å². The maximum atomic E-state index is 6.21. The number of hydrogen-bond acceptors (Lipinski definition) is 5. The Kier molecular flexibility index (Phi) is 8.79. The van der Waals surface area contributed by atoms with Gasteiger partial charge in [-0.3, -0.25) is 0 Å². The van der Waals surface area contributed by atoms with E-state index in [9.17, 15) is 0 Å². The predicted molar refractivity (Wildman–Crippen MR) is 258 cm³/mol. The Hall–Kier alpha value is -7.73. The molecule has 292 valence electrons. The highest BCUT2D eigenvalue weighted by Crippen LogP contribution is 2.42. The lowest BCUT2D eigenvalue weighted by Crippen LogP contribution is -2.08. The van der Waals surface area contributed by atoms with Gasteiger partial charge in [0.2, 0.25) is 0 Å². The molecule has 1 aliphatic carbocycles. The van der Waals surface area contributed by atoms with Gasteiger partial charge in [-0.2, -0.15) is 0 Å². The smallest absolute Gasteiger partial charge is 0.164 e. The molecule has 4 nitrogen and oxygen atoms in total. The van der Waals surface area contributed by atoms with Crippen molar-refractivity contribution in [3.05, 3.63) is 212 Å². The van der Waals surface area contributed by atoms with E-state index in [0.29, 0.717) is 11.6 Å². The maximum absolute atomic E-state index is 6.21. The van der Waals surface area contributed by atoms with Crippen molar-refractivity contribution in [3.8, 4) is 67.3 Å². The molecule has 1 unspecified atom stereocenters. The van der Waals surface area contributed by atoms with Gasteiger partial charge in [0, 0.05) is 48.0 Å². The molecule has 0 aliphatic heterocycles. The summed E-state index contributed by atoms with van der Waals surface area (Å²) in [6.45, 7) is 0. The second kappa shape index (κ2) is 15.1. The number of benzene rings is 8. The van der Waals surface area contributed by atoms with Gasteiger partial charge in [-0.05, 0) is 87.3 Å². The van der Waals surface area contributed by atoms with Crippen LogP contribution in [0.15, 0.2) is 211 Å². The monoisotopic (exact) mass is 811 g/mol. The fourth-order valence-electron chi connectivity index (χ4n) is 8.95. The molecule has 3 heterocycles. The van der Waals surface area contributed by atoms with Crippen molar-refractivity contribution in [2.24, 2.45) is 0 Å². The number of fused-ring (bicyclic) bond motifs is 6. The molecule has 11 aromatic rings. The van der Waals surface area contributed by atoms with Crippen LogP contribution in [0.5, 0.6) is 0 Å². The molecule has 0 radical (unpaired) electrons. The first-order valence-corrected chi connectivity index (χ1v) is 21.8. The van der Waals surface area contributed by atoms with E-state index in [0.717, 1.165) is 56.4 Å². The molecular weight excluding hydrogens is 775 g/mol. The third-order valence-electron chi connectivity index (χ3n) is 12.1. The summed E-state index contributed by atoms with van der Waals surface area (Å²) in [4.78, 5) is 15.7. The predicted octanol–water partition coefficient (Wildman–Crippen LogP) is 15.7. The van der Waals surface area contributed by atoms with Gasteiger partial charge in [0.05, 0.1) is 0 Å². The van der Waals surface area contributed by atoms with Crippen LogP contribution in [-0.2, 0) is 0 Å². The summed E-state index contributed by atoms with van der Waals surface area (Å²) in [5.74, 6) is 2.18. The normalized spacial score (nSPS) is 13.8. The van der Waals surface area contributed by atoms with Crippen molar-refractivity contribution in [1.29, 1.82) is 0 Å². The SMILES string of the molecule is C1=CCC(c2nc(-c3ccc(-c4cccc5oc6ccccc6c45)cc3)nc(-c3cccc4sc5ccc(-c6cccc(-c7ccc(-c8ccccc8)cc7)c6)cc5c34)n2)C=C1. The summed E-state index contributed by atoms with van der Waals surface area (Å²) < 4.78 is 8.65. The number of thiophene rings is 1. The molecule has 0 spiro atoms. The number of allylic oxidation sites excluding steroid dienone is 4. The van der Waals surface area contributed by atoms with E-state index >= 15 is 0 Å². The molecule has 0 saturated heterocycles. The van der Waals surface area contributed by atoms with Crippen LogP contribution in [0.4, 0.5) is 0 Å². The Bertz CT molecular complexity index is 3540. The third-order valence-corrected chi connectivity index (χ3v) is 13.2. The van der Waals surface area contributed by atoms with Crippen LogP contribution in [0.3, 0.4) is 0 Å². The average molecular weight is 812 g/mol. The van der Waals surface area contributed by atoms with E-state index in [-0.39, 0.29) is 5.92 Å². The molecule has 0 N–H and O–H groups in total. The quantitative estimate of drug-likeness (QED) is 0.161. The molecule has 0 saturated carbocycles. The number of hydrogen-bond donors (Lipinski definition) is 0. The highest BCUT2D eigenvalue weighted by atomic mass is 32.1. The molecule has 5 heteroatoms. The van der Waals surface area contributed by atoms with Gasteiger partial charge in [-0.1, -0.05) is 170 Å². The summed E-state index contributed by atoms with van der Waals surface area (Å²) in [5, 5.41) is 4.60. The lowest BCUT2D eigenvalue weighted by atomic mass is 9.96. The second-order valence-electron chi connectivity index (χ2n) is 15.9. The highest BCUT2D eigenvalue weighted by molar-refractivity contribution is 7.26. The van der Waals surface area contributed by atoms with Crippen LogP contribution in [0.1, 0.15) is 18.2 Å². The molecule has 8 aromatic carbocycles. The van der Waals surface area contributed by atoms with Gasteiger partial charge < -0.3 is 4.42 Å². The summed E-state index contributed by atoms with van der Waals surface area (Å²) >= 11 is 1.81. The van der Waals surface area contributed by atoms with Crippen LogP contribution >= 0.6 is 11.3 Å². The largest absolute Gasteiger partial charge is 0.456 e. The van der Waals surface area contributed by atoms with Crippen LogP contribution in [0.2, 0.25) is 0 Å². The number of aromatic nitrogens is 3. The van der Waals surface area contributed by atoms with Crippen LogP contribution in [0.25, 0.3) is 109 Å². The van der Waals surface area contributed by atoms with Gasteiger partial charge >= 0.3 is 0 Å². The Labute approximate surface area is 362 Å². The van der Waals surface area contributed by atoms with Crippen molar-refractivity contribution in [1.82, 2.24) is 15.0 Å². The zero-order chi connectivity index (χ0) is 41.0. The van der Waals surface area contributed by atoms with Crippen molar-refractivity contribution < 1.29 is 4.42 Å². The van der Waals surface area contributed by atoms with Gasteiger partial charge in [0.25, 0.3) is 0 Å². The van der Waals surface area contributed by atoms with E-state index < -0.39 is 0 Å². The summed E-state index contributed by atoms with van der Waals surface area (Å²) in [7, 11) is 0. The maximum Gasteiger partial charge on any atom is 0.164 e. The molecule has 0 fully saturated rings. The zero-order valence-corrected chi connectivity index (χ0v) is 34.4. The molecule has 62 heavy (non-hydrogen) atoms. The van der Waals surface area contributed by atoms with E-state index in [1.165, 1.54) is 53.6 Å². The summed E-state index contributed by atoms with van der Waals surface area (Å²) in [5.41, 5.74) is 13.1. The fourth-order valence-corrected chi connectivity index (χ4v) is 10.1.